The molecule has 2 atom stereocenters. The molecule has 2 unspecified atom stereocenters. The Bertz CT molecular complexity index is 197. The zero-order valence-corrected chi connectivity index (χ0v) is 8.78. The average Bonchev–Trinajstić information content (AvgIpc) is 2.13. The highest BCUT2D eigenvalue weighted by Crippen LogP contribution is 2.11. The first-order valence-corrected chi connectivity index (χ1v) is 5.37. The third-order valence-electron chi connectivity index (χ3n) is 2.63. The third kappa shape index (κ3) is 2.96. The van der Waals surface area contributed by atoms with Gasteiger partial charge in [0.15, 0.2) is 0 Å². The van der Waals surface area contributed by atoms with Crippen LogP contribution < -0.4 is 5.73 Å². The molecule has 82 valence electrons. The molecule has 14 heavy (non-hydrogen) atoms. The van der Waals surface area contributed by atoms with Gasteiger partial charge >= 0.3 is 0 Å². The second-order valence-corrected chi connectivity index (χ2v) is 3.98. The Morgan fingerprint density at radius 2 is 2.43 bits per heavy atom. The Morgan fingerprint density at radius 1 is 1.71 bits per heavy atom. The summed E-state index contributed by atoms with van der Waals surface area (Å²) >= 11 is 0. The number of aliphatic hydroxyl groups is 1. The zero-order chi connectivity index (χ0) is 10.6. The van der Waals surface area contributed by atoms with Crippen LogP contribution in [0.25, 0.3) is 0 Å². The molecule has 0 radical (unpaired) electrons. The van der Waals surface area contributed by atoms with Crippen LogP contribution in [0.15, 0.2) is 0 Å². The summed E-state index contributed by atoms with van der Waals surface area (Å²) < 4.78 is 0. The van der Waals surface area contributed by atoms with Crippen molar-refractivity contribution in [3.8, 4) is 0 Å². The number of rotatable bonds is 4. The number of hydrogen-bond acceptors (Lipinski definition) is 3. The molecule has 1 heterocycles. The Balaban J connectivity index is 2.39. The molecule has 1 aliphatic rings. The largest absolute Gasteiger partial charge is 0.391 e. The van der Waals surface area contributed by atoms with Gasteiger partial charge in [0.1, 0.15) is 0 Å². The number of nitrogens with zero attached hydrogens (tertiary/aromatic N) is 1. The van der Waals surface area contributed by atoms with Crippen LogP contribution in [0.2, 0.25) is 0 Å². The van der Waals surface area contributed by atoms with Crippen molar-refractivity contribution < 1.29 is 9.90 Å². The Labute approximate surface area is 85.1 Å². The van der Waals surface area contributed by atoms with Gasteiger partial charge in [-0.15, -0.1) is 0 Å². The first-order chi connectivity index (χ1) is 6.65. The van der Waals surface area contributed by atoms with Crippen molar-refractivity contribution in [2.75, 3.05) is 13.1 Å². The van der Waals surface area contributed by atoms with Gasteiger partial charge in [0.2, 0.25) is 5.91 Å². The molecule has 3 N–H and O–H groups in total. The smallest absolute Gasteiger partial charge is 0.239 e. The second-order valence-electron chi connectivity index (χ2n) is 3.98. The van der Waals surface area contributed by atoms with Crippen LogP contribution in [0.5, 0.6) is 0 Å². The zero-order valence-electron chi connectivity index (χ0n) is 8.78. The van der Waals surface area contributed by atoms with Gasteiger partial charge in [-0.3, -0.25) is 4.79 Å². The van der Waals surface area contributed by atoms with E-state index >= 15 is 0 Å². The van der Waals surface area contributed by atoms with E-state index in [4.69, 9.17) is 5.73 Å². The van der Waals surface area contributed by atoms with Gasteiger partial charge in [-0.05, 0) is 19.3 Å². The third-order valence-corrected chi connectivity index (χ3v) is 2.63. The van der Waals surface area contributed by atoms with Gasteiger partial charge < -0.3 is 15.7 Å². The highest BCUT2D eigenvalue weighted by atomic mass is 16.3. The van der Waals surface area contributed by atoms with Crippen LogP contribution in [-0.2, 0) is 4.79 Å². The van der Waals surface area contributed by atoms with Gasteiger partial charge in [0.25, 0.3) is 0 Å². The summed E-state index contributed by atoms with van der Waals surface area (Å²) in [5.74, 6) is -0.00796. The molecule has 0 aromatic rings. The van der Waals surface area contributed by atoms with E-state index in [-0.39, 0.29) is 11.9 Å². The standard InChI is InChI=1S/C10H20N2O2/c1-2-4-8(13)7-12-6-3-5-9(11)10(12)14/h8-9,13H,2-7,11H2,1H3. The van der Waals surface area contributed by atoms with Gasteiger partial charge in [0, 0.05) is 13.1 Å². The van der Waals surface area contributed by atoms with Gasteiger partial charge in [0.05, 0.1) is 12.1 Å². The summed E-state index contributed by atoms with van der Waals surface area (Å²) in [6.45, 7) is 3.21. The molecular formula is C10H20N2O2. The summed E-state index contributed by atoms with van der Waals surface area (Å²) in [5.41, 5.74) is 5.65. The molecular weight excluding hydrogens is 180 g/mol. The number of likely N-dealkylation sites (tertiary alicyclic amines) is 1. The number of carbonyl (C=O) groups is 1. The second kappa shape index (κ2) is 5.32. The summed E-state index contributed by atoms with van der Waals surface area (Å²) in [5, 5.41) is 9.57. The molecule has 0 spiro atoms. The molecule has 4 heteroatoms. The monoisotopic (exact) mass is 200 g/mol. The fourth-order valence-electron chi connectivity index (χ4n) is 1.83. The number of amides is 1. The summed E-state index contributed by atoms with van der Waals surface area (Å²) in [4.78, 5) is 13.2. The minimum Gasteiger partial charge on any atom is -0.391 e. The summed E-state index contributed by atoms with van der Waals surface area (Å²) in [6.07, 6.45) is 3.02. The van der Waals surface area contributed by atoms with Crippen molar-refractivity contribution in [2.24, 2.45) is 5.73 Å². The maximum atomic E-state index is 11.6. The minimum atomic E-state index is -0.394. The van der Waals surface area contributed by atoms with Crippen molar-refractivity contribution in [3.63, 3.8) is 0 Å². The van der Waals surface area contributed by atoms with Crippen LogP contribution >= 0.6 is 0 Å². The topological polar surface area (TPSA) is 66.6 Å². The van der Waals surface area contributed by atoms with Crippen LogP contribution in [0.3, 0.4) is 0 Å². The number of β-amino-alcohol motifs (C(OH)–C–C–N with tert-alkyl or cyclic N) is 1. The number of hydrogen-bond donors (Lipinski definition) is 2. The van der Waals surface area contributed by atoms with Crippen molar-refractivity contribution in [1.29, 1.82) is 0 Å². The predicted octanol–water partition coefficient (Wildman–Crippen LogP) is 0.0971. The van der Waals surface area contributed by atoms with E-state index in [1.165, 1.54) is 0 Å². The van der Waals surface area contributed by atoms with Crippen LogP contribution in [0.1, 0.15) is 32.6 Å². The van der Waals surface area contributed by atoms with E-state index in [1.54, 1.807) is 4.90 Å². The van der Waals surface area contributed by atoms with Crippen LogP contribution in [-0.4, -0.2) is 41.1 Å². The van der Waals surface area contributed by atoms with E-state index < -0.39 is 6.10 Å². The van der Waals surface area contributed by atoms with Crippen molar-refractivity contribution in [2.45, 2.75) is 44.8 Å². The highest BCUT2D eigenvalue weighted by molar-refractivity contribution is 5.82. The Kier molecular flexibility index (Phi) is 4.35. The fraction of sp³-hybridized carbons (Fsp3) is 0.900. The molecule has 1 fully saturated rings. The lowest BCUT2D eigenvalue weighted by Gasteiger charge is -2.31. The number of nitrogens with two attached hydrogens (primary N) is 1. The quantitative estimate of drug-likeness (QED) is 0.676. The maximum absolute atomic E-state index is 11.6. The first kappa shape index (κ1) is 11.5. The minimum absolute atomic E-state index is 0.00796. The summed E-state index contributed by atoms with van der Waals surface area (Å²) in [7, 11) is 0. The van der Waals surface area contributed by atoms with Crippen molar-refractivity contribution in [1.82, 2.24) is 4.90 Å². The maximum Gasteiger partial charge on any atom is 0.239 e. The van der Waals surface area contributed by atoms with Gasteiger partial charge in [-0.2, -0.15) is 0 Å². The molecule has 1 aliphatic heterocycles. The van der Waals surface area contributed by atoms with Crippen molar-refractivity contribution >= 4 is 5.91 Å². The van der Waals surface area contributed by atoms with E-state index in [1.807, 2.05) is 6.92 Å². The Hall–Kier alpha value is -0.610. The number of aliphatic hydroxyl groups excluding tert-OH is 1. The molecule has 1 rings (SSSR count). The van der Waals surface area contributed by atoms with Crippen molar-refractivity contribution in [3.05, 3.63) is 0 Å². The van der Waals surface area contributed by atoms with Gasteiger partial charge in [-0.25, -0.2) is 0 Å². The highest BCUT2D eigenvalue weighted by Gasteiger charge is 2.26. The van der Waals surface area contributed by atoms with Crippen LogP contribution in [0, 0.1) is 0 Å². The Morgan fingerprint density at radius 3 is 3.07 bits per heavy atom. The van der Waals surface area contributed by atoms with Crippen LogP contribution in [0.4, 0.5) is 0 Å². The number of carbonyl (C=O) groups excluding carboxylic acids is 1. The average molecular weight is 200 g/mol. The lowest BCUT2D eigenvalue weighted by Crippen LogP contribution is -2.50. The molecule has 0 aliphatic carbocycles. The molecule has 4 nitrogen and oxygen atoms in total. The number of piperidine rings is 1. The van der Waals surface area contributed by atoms with E-state index in [0.717, 1.165) is 32.2 Å². The fourth-order valence-corrected chi connectivity index (χ4v) is 1.83. The molecule has 0 aromatic heterocycles. The molecule has 1 amide bonds. The molecule has 1 saturated heterocycles. The normalized spacial score (nSPS) is 25.2. The first-order valence-electron chi connectivity index (χ1n) is 5.37. The lowest BCUT2D eigenvalue weighted by molar-refractivity contribution is -0.136. The molecule has 0 saturated carbocycles. The van der Waals surface area contributed by atoms with Gasteiger partial charge in [-0.1, -0.05) is 13.3 Å². The lowest BCUT2D eigenvalue weighted by atomic mass is 10.0. The molecule has 0 aromatic carbocycles. The summed E-state index contributed by atoms with van der Waals surface area (Å²) in [6, 6.07) is -0.349. The predicted molar refractivity (Wildman–Crippen MR) is 54.7 cm³/mol. The van der Waals surface area contributed by atoms with E-state index in [0.29, 0.717) is 6.54 Å². The molecule has 0 bridgehead atoms. The SMILES string of the molecule is CCCC(O)CN1CCCC(N)C1=O. The van der Waals surface area contributed by atoms with E-state index in [2.05, 4.69) is 0 Å². The van der Waals surface area contributed by atoms with E-state index in [9.17, 15) is 9.90 Å².